The van der Waals surface area contributed by atoms with E-state index in [1.165, 1.54) is 0 Å². The van der Waals surface area contributed by atoms with Crippen LogP contribution in [-0.2, 0) is 11.2 Å². The highest BCUT2D eigenvalue weighted by Crippen LogP contribution is 2.41. The molecule has 4 rings (SSSR count). The fraction of sp³-hybridized carbons (Fsp3) is 0.619. The van der Waals surface area contributed by atoms with E-state index in [9.17, 15) is 14.7 Å². The van der Waals surface area contributed by atoms with Gasteiger partial charge in [0.15, 0.2) is 0 Å². The highest BCUT2D eigenvalue weighted by molar-refractivity contribution is 6.06. The highest BCUT2D eigenvalue weighted by Gasteiger charge is 2.33. The van der Waals surface area contributed by atoms with Gasteiger partial charge in [-0.3, -0.25) is 9.59 Å². The summed E-state index contributed by atoms with van der Waals surface area (Å²) in [6.45, 7) is 7.16. The summed E-state index contributed by atoms with van der Waals surface area (Å²) in [6, 6.07) is 1.88. The molecule has 150 valence electrons. The Morgan fingerprint density at radius 1 is 1.29 bits per heavy atom. The molecule has 1 saturated heterocycles. The van der Waals surface area contributed by atoms with E-state index < -0.39 is 11.9 Å². The summed E-state index contributed by atoms with van der Waals surface area (Å²) >= 11 is 0. The minimum atomic E-state index is -0.838. The summed E-state index contributed by atoms with van der Waals surface area (Å²) in [7, 11) is 0. The van der Waals surface area contributed by atoms with Crippen LogP contribution >= 0.6 is 0 Å². The Balaban J connectivity index is 1.76. The molecular weight excluding hydrogens is 358 g/mol. The van der Waals surface area contributed by atoms with Crippen molar-refractivity contribution in [2.75, 3.05) is 13.1 Å². The Kier molecular flexibility index (Phi) is 4.63. The first-order chi connectivity index (χ1) is 13.2. The van der Waals surface area contributed by atoms with Crippen molar-refractivity contribution in [3.63, 3.8) is 0 Å². The number of aliphatic carboxylic acids is 1. The van der Waals surface area contributed by atoms with Gasteiger partial charge in [-0.2, -0.15) is 0 Å². The van der Waals surface area contributed by atoms with Crippen LogP contribution in [0.15, 0.2) is 10.6 Å². The van der Waals surface area contributed by atoms with Crippen molar-refractivity contribution in [1.82, 2.24) is 15.0 Å². The van der Waals surface area contributed by atoms with Gasteiger partial charge < -0.3 is 14.5 Å². The average molecular weight is 385 g/mol. The number of rotatable bonds is 4. The van der Waals surface area contributed by atoms with Gasteiger partial charge in [-0.05, 0) is 43.6 Å². The van der Waals surface area contributed by atoms with Crippen molar-refractivity contribution in [3.05, 3.63) is 23.0 Å². The number of fused-ring (bicyclic) bond motifs is 1. The molecule has 0 bridgehead atoms. The molecule has 1 atom stereocenters. The number of carboxylic acid groups (broad SMARTS) is 1. The lowest BCUT2D eigenvalue weighted by Gasteiger charge is -2.31. The number of amides is 1. The Labute approximate surface area is 164 Å². The first-order valence-electron chi connectivity index (χ1n) is 10.0. The number of aromatic nitrogens is 2. The van der Waals surface area contributed by atoms with Gasteiger partial charge in [0.05, 0.1) is 22.6 Å². The van der Waals surface area contributed by atoms with Crippen LogP contribution in [0.4, 0.5) is 0 Å². The van der Waals surface area contributed by atoms with Crippen LogP contribution in [0.1, 0.15) is 74.1 Å². The van der Waals surface area contributed by atoms with E-state index in [4.69, 9.17) is 4.52 Å². The molecular formula is C21H27N3O4. The molecule has 1 amide bonds. The van der Waals surface area contributed by atoms with Crippen LogP contribution in [-0.4, -0.2) is 45.1 Å². The van der Waals surface area contributed by atoms with Crippen LogP contribution in [0.2, 0.25) is 0 Å². The van der Waals surface area contributed by atoms with Crippen molar-refractivity contribution in [2.45, 2.75) is 58.8 Å². The number of pyridine rings is 1. The normalized spacial score (nSPS) is 20.5. The zero-order valence-corrected chi connectivity index (χ0v) is 16.7. The molecule has 3 heterocycles. The number of carbonyl (C=O) groups is 2. The predicted molar refractivity (Wildman–Crippen MR) is 103 cm³/mol. The number of hydrogen-bond acceptors (Lipinski definition) is 5. The SMILES string of the molecule is CC(C)(C)Cc1noc2nc(C3CC3)cc(C(=O)N3CCC[C@H](C(=O)O)C3)c12. The second-order valence-corrected chi connectivity index (χ2v) is 9.34. The number of carbonyl (C=O) groups excluding carboxylic acids is 1. The lowest BCUT2D eigenvalue weighted by Crippen LogP contribution is -2.42. The maximum Gasteiger partial charge on any atom is 0.308 e. The quantitative estimate of drug-likeness (QED) is 0.863. The first-order valence-corrected chi connectivity index (χ1v) is 10.0. The van der Waals surface area contributed by atoms with E-state index in [1.54, 1.807) is 4.90 Å². The number of hydrogen-bond donors (Lipinski definition) is 1. The van der Waals surface area contributed by atoms with Crippen LogP contribution in [0.25, 0.3) is 11.1 Å². The zero-order valence-electron chi connectivity index (χ0n) is 16.7. The molecule has 1 N–H and O–H groups in total. The smallest absolute Gasteiger partial charge is 0.308 e. The van der Waals surface area contributed by atoms with E-state index in [0.717, 1.165) is 24.2 Å². The molecule has 2 aromatic heterocycles. The lowest BCUT2D eigenvalue weighted by atomic mass is 9.89. The Bertz CT molecular complexity index is 924. The minimum absolute atomic E-state index is 0.0151. The van der Waals surface area contributed by atoms with Gasteiger partial charge in [0.25, 0.3) is 11.6 Å². The van der Waals surface area contributed by atoms with Gasteiger partial charge >= 0.3 is 5.97 Å². The van der Waals surface area contributed by atoms with E-state index in [1.807, 2.05) is 6.07 Å². The maximum atomic E-state index is 13.4. The average Bonchev–Trinajstić information content (AvgIpc) is 3.42. The molecule has 0 aromatic carbocycles. The van der Waals surface area contributed by atoms with E-state index in [0.29, 0.717) is 48.4 Å². The molecule has 0 unspecified atom stereocenters. The summed E-state index contributed by atoms with van der Waals surface area (Å²) in [5, 5.41) is 14.3. The second kappa shape index (κ2) is 6.87. The van der Waals surface area contributed by atoms with Crippen LogP contribution < -0.4 is 0 Å². The highest BCUT2D eigenvalue weighted by atomic mass is 16.5. The number of carboxylic acids is 1. The third-order valence-corrected chi connectivity index (χ3v) is 5.52. The predicted octanol–water partition coefficient (Wildman–Crippen LogP) is 3.63. The van der Waals surface area contributed by atoms with Crippen LogP contribution in [0.3, 0.4) is 0 Å². The van der Waals surface area contributed by atoms with Crippen molar-refractivity contribution in [2.24, 2.45) is 11.3 Å². The summed E-state index contributed by atoms with van der Waals surface area (Å²) < 4.78 is 5.53. The fourth-order valence-electron chi connectivity index (χ4n) is 3.94. The molecule has 7 nitrogen and oxygen atoms in total. The Morgan fingerprint density at radius 3 is 2.68 bits per heavy atom. The van der Waals surface area contributed by atoms with Gasteiger partial charge in [-0.1, -0.05) is 25.9 Å². The maximum absolute atomic E-state index is 13.4. The Morgan fingerprint density at radius 2 is 2.04 bits per heavy atom. The molecule has 2 fully saturated rings. The number of likely N-dealkylation sites (tertiary alicyclic amines) is 1. The molecule has 1 aliphatic heterocycles. The molecule has 0 spiro atoms. The number of piperidine rings is 1. The van der Waals surface area contributed by atoms with Gasteiger partial charge in [0.2, 0.25) is 0 Å². The van der Waals surface area contributed by atoms with Crippen molar-refractivity contribution in [3.8, 4) is 0 Å². The molecule has 1 aliphatic carbocycles. The van der Waals surface area contributed by atoms with E-state index in [-0.39, 0.29) is 17.9 Å². The standard InChI is InChI=1S/C21H27N3O4/c1-21(2,3)10-16-17-14(9-15(12-6-7-12)22-18(17)28-23-16)19(25)24-8-4-5-13(11-24)20(26)27/h9,12-13H,4-8,10-11H2,1-3H3,(H,26,27)/t13-/m0/s1. The fourth-order valence-corrected chi connectivity index (χ4v) is 3.94. The lowest BCUT2D eigenvalue weighted by molar-refractivity contribution is -0.143. The van der Waals surface area contributed by atoms with Crippen LogP contribution in [0, 0.1) is 11.3 Å². The van der Waals surface area contributed by atoms with E-state index in [2.05, 4.69) is 30.9 Å². The third-order valence-electron chi connectivity index (χ3n) is 5.52. The second-order valence-electron chi connectivity index (χ2n) is 9.34. The molecule has 7 heteroatoms. The van der Waals surface area contributed by atoms with E-state index >= 15 is 0 Å². The monoisotopic (exact) mass is 385 g/mol. The van der Waals surface area contributed by atoms with Crippen molar-refractivity contribution >= 4 is 23.0 Å². The summed E-state index contributed by atoms with van der Waals surface area (Å²) in [5.41, 5.74) is 2.57. The molecule has 2 aromatic rings. The van der Waals surface area contributed by atoms with Gasteiger partial charge in [0.1, 0.15) is 0 Å². The van der Waals surface area contributed by atoms with Gasteiger partial charge in [0, 0.05) is 24.7 Å². The molecule has 2 aliphatic rings. The summed E-state index contributed by atoms with van der Waals surface area (Å²) in [5.74, 6) is -1.11. The molecule has 0 radical (unpaired) electrons. The zero-order chi connectivity index (χ0) is 20.1. The van der Waals surface area contributed by atoms with Crippen LogP contribution in [0.5, 0.6) is 0 Å². The molecule has 28 heavy (non-hydrogen) atoms. The molecule has 1 saturated carbocycles. The topological polar surface area (TPSA) is 96.5 Å². The van der Waals surface area contributed by atoms with Crippen molar-refractivity contribution in [1.29, 1.82) is 0 Å². The Hall–Kier alpha value is -2.44. The number of nitrogens with zero attached hydrogens (tertiary/aromatic N) is 3. The van der Waals surface area contributed by atoms with Crippen molar-refractivity contribution < 1.29 is 19.2 Å². The summed E-state index contributed by atoms with van der Waals surface area (Å²) in [4.78, 5) is 31.1. The first kappa shape index (κ1) is 18.9. The largest absolute Gasteiger partial charge is 0.481 e. The minimum Gasteiger partial charge on any atom is -0.481 e. The van der Waals surface area contributed by atoms with Gasteiger partial charge in [-0.25, -0.2) is 4.98 Å². The summed E-state index contributed by atoms with van der Waals surface area (Å²) in [6.07, 6.45) is 4.12. The third kappa shape index (κ3) is 3.75. The van der Waals surface area contributed by atoms with Gasteiger partial charge in [-0.15, -0.1) is 0 Å².